The normalized spacial score (nSPS) is 26.8. The average Bonchev–Trinajstić information content (AvgIpc) is 1.71. The molecule has 0 aromatic heterocycles. The zero-order valence-electron chi connectivity index (χ0n) is 71.7. The van der Waals surface area contributed by atoms with Crippen molar-refractivity contribution in [2.75, 3.05) is 52.9 Å². The van der Waals surface area contributed by atoms with E-state index < -0.39 is 65.7 Å². The quantitative estimate of drug-likeness (QED) is 0.0221. The van der Waals surface area contributed by atoms with Crippen molar-refractivity contribution in [1.29, 1.82) is 0 Å². The molecule has 716 valence electrons. The number of nitro benzene ring substituents is 6. The van der Waals surface area contributed by atoms with Gasteiger partial charge in [-0.1, -0.05) is 19.3 Å². The summed E-state index contributed by atoms with van der Waals surface area (Å²) >= 11 is 4.92. The van der Waals surface area contributed by atoms with E-state index in [9.17, 15) is 94.6 Å². The number of fused-ring (bicyclic) bond motifs is 6. The molecule has 4 saturated carbocycles. The number of aliphatic hydroxyl groups excluding tert-OH is 1. The molecule has 133 heavy (non-hydrogen) atoms. The summed E-state index contributed by atoms with van der Waals surface area (Å²) in [6, 6.07) is 31.5. The molecule has 6 aromatic rings. The maximum absolute atomic E-state index is 11.9. The number of halogens is 1. The number of aliphatic hydroxyl groups is 1. The Morgan fingerprint density at radius 1 is 0.263 bits per heavy atom. The number of ether oxygens (including phenoxy) is 19. The van der Waals surface area contributed by atoms with E-state index in [1.807, 2.05) is 0 Å². The fraction of sp³-hybridized carbons (Fsp3) is 0.523. The Hall–Kier alpha value is -12.5. The Labute approximate surface area is 763 Å². The van der Waals surface area contributed by atoms with E-state index in [1.165, 1.54) is 165 Å². The molecule has 12 fully saturated rings. The first-order valence-electron chi connectivity index (χ1n) is 43.5. The van der Waals surface area contributed by atoms with Crippen molar-refractivity contribution in [3.05, 3.63) is 206 Å². The third-order valence-electron chi connectivity index (χ3n) is 24.2. The summed E-state index contributed by atoms with van der Waals surface area (Å²) in [5.41, 5.74) is -1.35. The average molecular weight is 1880 g/mol. The molecule has 8 aliphatic heterocycles. The van der Waals surface area contributed by atoms with Crippen LogP contribution in [0.5, 0.6) is 34.5 Å². The Kier molecular flexibility index (Phi) is 36.9. The molecule has 12 aliphatic rings. The van der Waals surface area contributed by atoms with Crippen molar-refractivity contribution in [1.82, 2.24) is 0 Å². The molecule has 0 amide bonds. The summed E-state index contributed by atoms with van der Waals surface area (Å²) in [6.07, 6.45) is 13.3. The van der Waals surface area contributed by atoms with Gasteiger partial charge in [0.1, 0.15) is 65.0 Å². The van der Waals surface area contributed by atoms with Crippen molar-refractivity contribution < 1.29 is 153 Å². The first-order chi connectivity index (χ1) is 64.1. The van der Waals surface area contributed by atoms with Gasteiger partial charge in [-0.05, 0) is 175 Å². The number of hydrogen-bond donors (Lipinski definition) is 1. The molecule has 44 nitrogen and oxygen atoms in total. The van der Waals surface area contributed by atoms with Crippen LogP contribution in [0.4, 0.5) is 62.9 Å². The van der Waals surface area contributed by atoms with Crippen LogP contribution in [0.25, 0.3) is 0 Å². The molecular formula is C88H99ClN6O38. The third kappa shape index (κ3) is 29.7. The number of nitrogens with zero attached hydrogens (tertiary/aromatic N) is 6. The summed E-state index contributed by atoms with van der Waals surface area (Å²) in [4.78, 5) is 129. The third-order valence-corrected chi connectivity index (χ3v) is 24.3. The SMILES string of the molecule is O=C(Cl)Oc1ccc([N+](=O)[O-])cc1.O=C(Oc1ccc([N+](=O)[O-])cc1)O[C@H]1CCC[C@H]2CCC[C@H]21.O=C(Oc1ccc([N+](=O)[O-])cc1)O[C@H]1CCC[C@H]2OCC[C@@H]12.O=C(Oc1ccc([N+](=O)[O-])cc1)O[C@H]1CCO[C@@H]2OCC[C@@H]21.O=C(Oc1ccc([N+](=O)[O-])cc1)O[C@H]1CCO[C@H]2CCC[C@H]21.O=C(Oc1ccc([N+](=O)[O-])cc1)O[C@H]1CCO[C@H]2OCC[C@H]21.O[C@H]1CCO[C@H]2OCC[C@H]21. The lowest BCUT2D eigenvalue weighted by Crippen LogP contribution is -2.40. The molecule has 0 bridgehead atoms. The van der Waals surface area contributed by atoms with E-state index in [1.54, 1.807) is 0 Å². The predicted molar refractivity (Wildman–Crippen MR) is 454 cm³/mol. The summed E-state index contributed by atoms with van der Waals surface area (Å²) in [5.74, 6) is 3.23. The number of non-ortho nitro benzene ring substituents is 6. The van der Waals surface area contributed by atoms with Crippen molar-refractivity contribution in [3.63, 3.8) is 0 Å². The molecule has 0 unspecified atom stereocenters. The van der Waals surface area contributed by atoms with Gasteiger partial charge in [-0.3, -0.25) is 60.7 Å². The number of carbonyl (C=O) groups excluding carboxylic acids is 6. The highest BCUT2D eigenvalue weighted by atomic mass is 35.5. The Morgan fingerprint density at radius 3 is 0.812 bits per heavy atom. The molecule has 8 saturated heterocycles. The van der Waals surface area contributed by atoms with Gasteiger partial charge in [0.05, 0.1) is 94.1 Å². The summed E-state index contributed by atoms with van der Waals surface area (Å²) in [7, 11) is 0. The fourth-order valence-electron chi connectivity index (χ4n) is 17.7. The minimum atomic E-state index is -0.978. The van der Waals surface area contributed by atoms with Crippen LogP contribution in [0, 0.1) is 102 Å². The van der Waals surface area contributed by atoms with Gasteiger partial charge < -0.3 is 95.1 Å². The number of nitro groups is 6. The van der Waals surface area contributed by atoms with Gasteiger partial charge in [-0.15, -0.1) is 0 Å². The van der Waals surface area contributed by atoms with E-state index >= 15 is 0 Å². The second-order valence-electron chi connectivity index (χ2n) is 32.4. The van der Waals surface area contributed by atoms with Crippen LogP contribution in [0.15, 0.2) is 146 Å². The highest BCUT2D eigenvalue weighted by Crippen LogP contribution is 2.45. The van der Waals surface area contributed by atoms with Crippen molar-refractivity contribution in [2.24, 2.45) is 41.4 Å². The number of benzene rings is 6. The summed E-state index contributed by atoms with van der Waals surface area (Å²) < 4.78 is 100. The van der Waals surface area contributed by atoms with E-state index in [0.717, 1.165) is 96.5 Å². The summed E-state index contributed by atoms with van der Waals surface area (Å²) in [6.45, 7) is 4.81. The second-order valence-corrected chi connectivity index (χ2v) is 32.7. The zero-order chi connectivity index (χ0) is 94.5. The number of carbonyl (C=O) groups is 6. The van der Waals surface area contributed by atoms with Crippen molar-refractivity contribution in [2.45, 2.75) is 196 Å². The molecule has 0 radical (unpaired) electrons. The zero-order valence-corrected chi connectivity index (χ0v) is 72.4. The van der Waals surface area contributed by atoms with Crippen molar-refractivity contribution in [3.8, 4) is 34.5 Å². The van der Waals surface area contributed by atoms with Gasteiger partial charge in [0, 0.05) is 140 Å². The molecule has 1 N–H and O–H groups in total. The molecule has 4 aliphatic carbocycles. The molecule has 6 aromatic carbocycles. The fourth-order valence-corrected chi connectivity index (χ4v) is 17.8. The Morgan fingerprint density at radius 2 is 0.489 bits per heavy atom. The van der Waals surface area contributed by atoms with E-state index in [2.05, 4.69) is 4.74 Å². The lowest BCUT2D eigenvalue weighted by atomic mass is 9.79. The molecule has 0 spiro atoms. The van der Waals surface area contributed by atoms with Gasteiger partial charge in [0.2, 0.25) is 0 Å². The highest BCUT2D eigenvalue weighted by Gasteiger charge is 2.46. The van der Waals surface area contributed by atoms with Crippen LogP contribution in [0.2, 0.25) is 0 Å². The smallest absolute Gasteiger partial charge is 0.430 e. The highest BCUT2D eigenvalue weighted by molar-refractivity contribution is 6.61. The van der Waals surface area contributed by atoms with Crippen LogP contribution < -0.4 is 28.4 Å². The second kappa shape index (κ2) is 49.3. The first kappa shape index (κ1) is 99.5. The lowest BCUT2D eigenvalue weighted by molar-refractivity contribution is -0.385. The van der Waals surface area contributed by atoms with Gasteiger partial charge in [0.25, 0.3) is 34.1 Å². The van der Waals surface area contributed by atoms with E-state index in [-0.39, 0.29) is 166 Å². The van der Waals surface area contributed by atoms with E-state index in [4.69, 9.17) is 96.9 Å². The van der Waals surface area contributed by atoms with Gasteiger partial charge in [-0.25, -0.2) is 28.8 Å². The van der Waals surface area contributed by atoms with Crippen LogP contribution in [-0.2, 0) is 61.6 Å². The first-order valence-corrected chi connectivity index (χ1v) is 43.9. The Balaban J connectivity index is 0.000000142. The van der Waals surface area contributed by atoms with Gasteiger partial charge in [-0.2, -0.15) is 0 Å². The van der Waals surface area contributed by atoms with Crippen molar-refractivity contribution >= 4 is 81.9 Å². The molecule has 18 rings (SSSR count). The standard InChI is InChI=1S/C16H19NO5.2C15H17NO6.2C14H15NO7.C7H4ClNO4.C7H12O3/c18-16(21-13-9-7-12(8-10-13)17(19)20)22-15-6-2-4-11-3-1-5-14(11)15;17-15(21-11-6-4-10(5-7-11)16(18)19)22-14-3-1-2-13-12(14)8-9-20-13;17-15(21-11-6-4-10(5-7-11)16(18)19)22-14-8-9-20-13-3-1-2-12(13)14;2*16-14(21-10-3-1-9(2-4-10)15(17)18)22-12-6-8-20-13-11(12)5-7-19-13;8-7(10)13-6-3-1-5(2-4-6)9(11)12;8-6-2-4-10-7-5(6)1-3-9-7/h7-11,14-15H,1-6H2;2*4-7,12-14H,1-3,8-9H2;2*1-4,11-13H,5-8H2;1-4H;5-8H,1-4H2/t11-,14-,15+;12-,13-,14+;12-,13+,14+;11-,12+,13+;11-,12-,13+;;5-,6-,7+/m11110.0/s1. The van der Waals surface area contributed by atoms with Gasteiger partial charge >= 0.3 is 36.2 Å². The maximum Gasteiger partial charge on any atom is 0.514 e. The predicted octanol–water partition coefficient (Wildman–Crippen LogP) is 17.2. The van der Waals surface area contributed by atoms with E-state index in [0.29, 0.717) is 77.3 Å². The molecule has 8 heterocycles. The van der Waals surface area contributed by atoms with Crippen LogP contribution >= 0.6 is 11.6 Å². The monoisotopic (exact) mass is 1880 g/mol. The minimum absolute atomic E-state index is 0.0261. The number of rotatable bonds is 17. The minimum Gasteiger partial charge on any atom is -0.430 e. The molecule has 45 heteroatoms. The Bertz CT molecular complexity index is 4320. The van der Waals surface area contributed by atoms with Gasteiger partial charge in [0.15, 0.2) is 18.9 Å². The molecular weight excluding hydrogens is 1780 g/mol. The van der Waals surface area contributed by atoms with Crippen LogP contribution in [0.3, 0.4) is 0 Å². The van der Waals surface area contributed by atoms with Crippen LogP contribution in [0.1, 0.15) is 128 Å². The maximum atomic E-state index is 11.9. The topological polar surface area (TPSA) is 557 Å². The lowest BCUT2D eigenvalue weighted by Gasteiger charge is -2.32. The van der Waals surface area contributed by atoms with Crippen LogP contribution in [-0.4, -0.2) is 191 Å². The summed E-state index contributed by atoms with van der Waals surface area (Å²) in [5, 5.41) is 72.4. The largest absolute Gasteiger partial charge is 0.514 e. The molecule has 18 atom stereocenters. The number of hydrogen-bond acceptors (Lipinski definition) is 38.